The molecule has 0 saturated carbocycles. The van der Waals surface area contributed by atoms with Crippen molar-refractivity contribution in [3.05, 3.63) is 48.2 Å². The number of nitrogens with one attached hydrogen (secondary N) is 2. The van der Waals surface area contributed by atoms with Crippen molar-refractivity contribution in [2.24, 2.45) is 0 Å². The Bertz CT molecular complexity index is 715. The Labute approximate surface area is 130 Å². The third-order valence-corrected chi connectivity index (χ3v) is 4.36. The van der Waals surface area contributed by atoms with Gasteiger partial charge in [0.25, 0.3) is 0 Å². The molecule has 118 valence electrons. The smallest absolute Gasteiger partial charge is 0.233 e. The molecule has 1 aromatic heterocycles. The van der Waals surface area contributed by atoms with E-state index in [0.29, 0.717) is 12.4 Å². The highest BCUT2D eigenvalue weighted by molar-refractivity contribution is 7.92. The molecule has 22 heavy (non-hydrogen) atoms. The normalized spacial score (nSPS) is 11.0. The number of para-hydroxylation sites is 1. The average Bonchev–Trinajstić information content (AvgIpc) is 2.54. The highest BCUT2D eigenvalue weighted by Gasteiger charge is 2.07. The molecule has 2 aromatic rings. The van der Waals surface area contributed by atoms with Gasteiger partial charge in [0.1, 0.15) is 11.6 Å². The first-order valence-corrected chi connectivity index (χ1v) is 8.51. The molecular formula is C15H19N3O3S. The van der Waals surface area contributed by atoms with Gasteiger partial charge in [0.2, 0.25) is 10.0 Å². The summed E-state index contributed by atoms with van der Waals surface area (Å²) in [6.07, 6.45) is 1.59. The number of pyridine rings is 1. The zero-order chi connectivity index (χ0) is 16.0. The van der Waals surface area contributed by atoms with E-state index in [1.54, 1.807) is 32.4 Å². The lowest BCUT2D eigenvalue weighted by Gasteiger charge is -2.11. The summed E-state index contributed by atoms with van der Waals surface area (Å²) in [6.45, 7) is 2.16. The second-order valence-corrected chi connectivity index (χ2v) is 6.61. The first-order chi connectivity index (χ1) is 10.5. The van der Waals surface area contributed by atoms with Crippen molar-refractivity contribution in [2.75, 3.05) is 22.9 Å². The maximum atomic E-state index is 11.5. The number of rotatable bonds is 7. The van der Waals surface area contributed by atoms with Gasteiger partial charge in [0.05, 0.1) is 24.7 Å². The highest BCUT2D eigenvalue weighted by atomic mass is 32.2. The zero-order valence-corrected chi connectivity index (χ0v) is 13.4. The molecule has 0 spiro atoms. The summed E-state index contributed by atoms with van der Waals surface area (Å²) < 4.78 is 30.6. The lowest BCUT2D eigenvalue weighted by atomic mass is 10.2. The summed E-state index contributed by atoms with van der Waals surface area (Å²) in [5.74, 6) is 1.14. The molecule has 0 bridgehead atoms. The fourth-order valence-corrected chi connectivity index (χ4v) is 2.42. The molecule has 6 nitrogen and oxygen atoms in total. The van der Waals surface area contributed by atoms with Crippen molar-refractivity contribution in [3.63, 3.8) is 0 Å². The predicted octanol–water partition coefficient (Wildman–Crippen LogP) is 2.46. The average molecular weight is 321 g/mol. The van der Waals surface area contributed by atoms with Crippen LogP contribution in [0.3, 0.4) is 0 Å². The molecule has 0 atom stereocenters. The van der Waals surface area contributed by atoms with Gasteiger partial charge in [0.15, 0.2) is 0 Å². The van der Waals surface area contributed by atoms with Gasteiger partial charge in [-0.1, -0.05) is 18.2 Å². The van der Waals surface area contributed by atoms with Crippen LogP contribution in [0.15, 0.2) is 42.6 Å². The van der Waals surface area contributed by atoms with Crippen molar-refractivity contribution in [1.29, 1.82) is 0 Å². The van der Waals surface area contributed by atoms with Gasteiger partial charge in [-0.25, -0.2) is 13.4 Å². The zero-order valence-electron chi connectivity index (χ0n) is 12.5. The van der Waals surface area contributed by atoms with Crippen molar-refractivity contribution in [2.45, 2.75) is 13.5 Å². The van der Waals surface area contributed by atoms with Crippen LogP contribution in [0.1, 0.15) is 12.5 Å². The third kappa shape index (κ3) is 4.36. The number of hydrogen-bond donors (Lipinski definition) is 2. The van der Waals surface area contributed by atoms with Crippen LogP contribution in [0.4, 0.5) is 11.5 Å². The Morgan fingerprint density at radius 3 is 2.59 bits per heavy atom. The number of hydrogen-bond acceptors (Lipinski definition) is 5. The molecule has 0 fully saturated rings. The second-order valence-electron chi connectivity index (χ2n) is 4.60. The molecule has 0 radical (unpaired) electrons. The predicted molar refractivity (Wildman–Crippen MR) is 87.6 cm³/mol. The quantitative estimate of drug-likeness (QED) is 0.819. The van der Waals surface area contributed by atoms with Crippen LogP contribution in [-0.2, 0) is 16.6 Å². The maximum Gasteiger partial charge on any atom is 0.233 e. The minimum absolute atomic E-state index is 0.0164. The Morgan fingerprint density at radius 1 is 1.18 bits per heavy atom. The van der Waals surface area contributed by atoms with Crippen LogP contribution in [0.5, 0.6) is 5.75 Å². The molecule has 0 amide bonds. The third-order valence-electron chi connectivity index (χ3n) is 3.08. The first kappa shape index (κ1) is 16.1. The molecule has 0 aliphatic carbocycles. The van der Waals surface area contributed by atoms with Crippen LogP contribution in [0.2, 0.25) is 0 Å². The van der Waals surface area contributed by atoms with E-state index in [0.717, 1.165) is 17.0 Å². The molecule has 1 heterocycles. The summed E-state index contributed by atoms with van der Waals surface area (Å²) in [5, 5.41) is 3.22. The van der Waals surface area contributed by atoms with Crippen molar-refractivity contribution in [1.82, 2.24) is 4.98 Å². The molecular weight excluding hydrogens is 302 g/mol. The van der Waals surface area contributed by atoms with Crippen LogP contribution in [-0.4, -0.2) is 26.3 Å². The van der Waals surface area contributed by atoms with Gasteiger partial charge in [-0.05, 0) is 25.1 Å². The van der Waals surface area contributed by atoms with Gasteiger partial charge in [-0.15, -0.1) is 0 Å². The van der Waals surface area contributed by atoms with Crippen LogP contribution in [0, 0.1) is 0 Å². The summed E-state index contributed by atoms with van der Waals surface area (Å²) in [7, 11) is -1.67. The number of aromatic nitrogens is 1. The summed E-state index contributed by atoms with van der Waals surface area (Å²) in [4.78, 5) is 4.08. The molecule has 0 unspecified atom stereocenters. The van der Waals surface area contributed by atoms with Crippen molar-refractivity contribution < 1.29 is 13.2 Å². The molecule has 2 rings (SSSR count). The van der Waals surface area contributed by atoms with E-state index in [4.69, 9.17) is 4.74 Å². The number of methoxy groups -OCH3 is 1. The van der Waals surface area contributed by atoms with E-state index in [1.807, 2.05) is 24.3 Å². The van der Waals surface area contributed by atoms with Gasteiger partial charge >= 0.3 is 0 Å². The highest BCUT2D eigenvalue weighted by Crippen LogP contribution is 2.19. The minimum atomic E-state index is -3.30. The van der Waals surface area contributed by atoms with Crippen LogP contribution in [0.25, 0.3) is 0 Å². The SMILES string of the molecule is CCS(=O)(=O)Nc1ccc(NCc2ccccc2OC)cn1. The number of nitrogens with zero attached hydrogens (tertiary/aromatic N) is 1. The Kier molecular flexibility index (Phi) is 5.21. The fraction of sp³-hybridized carbons (Fsp3) is 0.267. The monoisotopic (exact) mass is 321 g/mol. The van der Waals surface area contributed by atoms with Crippen molar-refractivity contribution >= 4 is 21.5 Å². The number of benzene rings is 1. The summed E-state index contributed by atoms with van der Waals surface area (Å²) in [5.41, 5.74) is 1.83. The largest absolute Gasteiger partial charge is 0.496 e. The molecule has 1 aromatic carbocycles. The summed E-state index contributed by atoms with van der Waals surface area (Å²) in [6, 6.07) is 11.1. The lowest BCUT2D eigenvalue weighted by Crippen LogP contribution is -2.15. The van der Waals surface area contributed by atoms with E-state index in [2.05, 4.69) is 15.0 Å². The second kappa shape index (κ2) is 7.13. The standard InChI is InChI=1S/C15H19N3O3S/c1-3-22(19,20)18-15-9-8-13(11-17-15)16-10-12-6-4-5-7-14(12)21-2/h4-9,11,16H,3,10H2,1-2H3,(H,17,18). The van der Waals surface area contributed by atoms with Gasteiger partial charge in [-0.3, -0.25) is 4.72 Å². The maximum absolute atomic E-state index is 11.5. The van der Waals surface area contributed by atoms with E-state index in [-0.39, 0.29) is 5.75 Å². The summed E-state index contributed by atoms with van der Waals surface area (Å²) >= 11 is 0. The Hall–Kier alpha value is -2.28. The lowest BCUT2D eigenvalue weighted by molar-refractivity contribution is 0.410. The Morgan fingerprint density at radius 2 is 1.95 bits per heavy atom. The molecule has 0 aliphatic heterocycles. The minimum Gasteiger partial charge on any atom is -0.496 e. The van der Waals surface area contributed by atoms with E-state index in [9.17, 15) is 8.42 Å². The van der Waals surface area contributed by atoms with E-state index in [1.165, 1.54) is 0 Å². The number of anilines is 2. The fourth-order valence-electron chi connectivity index (χ4n) is 1.84. The van der Waals surface area contributed by atoms with Gasteiger partial charge in [-0.2, -0.15) is 0 Å². The number of ether oxygens (including phenoxy) is 1. The van der Waals surface area contributed by atoms with E-state index < -0.39 is 10.0 Å². The number of sulfonamides is 1. The topological polar surface area (TPSA) is 80.3 Å². The van der Waals surface area contributed by atoms with Crippen molar-refractivity contribution in [3.8, 4) is 5.75 Å². The Balaban J connectivity index is 2.00. The molecule has 0 aliphatic rings. The molecule has 0 saturated heterocycles. The first-order valence-electron chi connectivity index (χ1n) is 6.86. The molecule has 2 N–H and O–H groups in total. The molecule has 7 heteroatoms. The van der Waals surface area contributed by atoms with Gasteiger partial charge < -0.3 is 10.1 Å². The van der Waals surface area contributed by atoms with Crippen LogP contribution < -0.4 is 14.8 Å². The van der Waals surface area contributed by atoms with Gasteiger partial charge in [0, 0.05) is 12.1 Å². The van der Waals surface area contributed by atoms with E-state index >= 15 is 0 Å². The van der Waals surface area contributed by atoms with Crippen LogP contribution >= 0.6 is 0 Å².